The minimum Gasteiger partial charge on any atom is -0.508 e. The van der Waals surface area contributed by atoms with E-state index in [1.54, 1.807) is 29.7 Å². The van der Waals surface area contributed by atoms with E-state index in [9.17, 15) is 29.4 Å². The molecule has 22 heteroatoms. The standard InChI is InChI=1S/C67H87FN12O8S/c1-10-43-12-11-13-46-30-49(81)31-51(55(43)46)57-56(68)58-52(33-69-57)61(78-35-47-18-19-48(36-78)80(47)65(86)88-67(7,8)9)74-64(73-58)87-29-28-75-22-20-42(21-23-75)34-76-24-26-77(27-25-76)38-54(83)72-60(66(4,5)6)63(85)79-37-50(82)32-53(79)62(84)71-40(2)44-14-16-45(17-15-44)59-41(3)70-39-89-59/h11-17,30-31,33,39-40,42,47-48,50,53,60,81-82H,10,18-29,32,34-38H2,1-9H3,(H,71,84)(H,72,83)/t40?,47?,48?,50-,53+,60?/m1/s1. The summed E-state index contributed by atoms with van der Waals surface area (Å²) >= 11 is 1.58. The Labute approximate surface area is 525 Å². The van der Waals surface area contributed by atoms with Crippen LogP contribution in [-0.4, -0.2) is 199 Å². The molecule has 4 amide bonds. The van der Waals surface area contributed by atoms with Crippen molar-refractivity contribution in [2.75, 3.05) is 90.0 Å². The lowest BCUT2D eigenvalue weighted by Crippen LogP contribution is -2.59. The van der Waals surface area contributed by atoms with Gasteiger partial charge < -0.3 is 45.0 Å². The monoisotopic (exact) mass is 1240 g/mol. The van der Waals surface area contributed by atoms with Crippen LogP contribution in [0.1, 0.15) is 110 Å². The highest BCUT2D eigenvalue weighted by atomic mass is 32.1. The van der Waals surface area contributed by atoms with Gasteiger partial charge in [0, 0.05) is 77.1 Å². The highest BCUT2D eigenvalue weighted by molar-refractivity contribution is 7.13. The quantitative estimate of drug-likeness (QED) is 0.0674. The molecule has 0 radical (unpaired) electrons. The number of ether oxygens (including phenoxy) is 2. The lowest BCUT2D eigenvalue weighted by atomic mass is 9.85. The van der Waals surface area contributed by atoms with Crippen molar-refractivity contribution >= 4 is 62.6 Å². The van der Waals surface area contributed by atoms with Gasteiger partial charge in [0.2, 0.25) is 17.7 Å². The smallest absolute Gasteiger partial charge is 0.410 e. The first kappa shape index (κ1) is 63.5. The Kier molecular flexibility index (Phi) is 18.8. The number of thiazole rings is 1. The summed E-state index contributed by atoms with van der Waals surface area (Å²) < 4.78 is 29.6. The minimum absolute atomic E-state index is 0.00119. The van der Waals surface area contributed by atoms with Crippen molar-refractivity contribution in [2.24, 2.45) is 11.3 Å². The number of likely N-dealkylation sites (tertiary alicyclic amines) is 2. The number of aromatic hydroxyl groups is 1. The van der Waals surface area contributed by atoms with Crippen molar-refractivity contribution in [2.45, 2.75) is 143 Å². The van der Waals surface area contributed by atoms with Gasteiger partial charge in [0.1, 0.15) is 47.1 Å². The molecule has 2 bridgehead atoms. The zero-order chi connectivity index (χ0) is 63.1. The summed E-state index contributed by atoms with van der Waals surface area (Å²) in [7, 11) is 0. The molecule has 4 N–H and O–H groups in total. The van der Waals surface area contributed by atoms with Crippen molar-refractivity contribution in [3.05, 3.63) is 88.9 Å². The predicted octanol–water partition coefficient (Wildman–Crippen LogP) is 8.35. The number of piperazine rings is 2. The maximum absolute atomic E-state index is 17.4. The second-order valence-corrected chi connectivity index (χ2v) is 28.0. The molecule has 89 heavy (non-hydrogen) atoms. The number of halogens is 1. The van der Waals surface area contributed by atoms with Gasteiger partial charge in [-0.25, -0.2) is 14.2 Å². The second kappa shape index (κ2) is 26.4. The molecule has 11 rings (SSSR count). The van der Waals surface area contributed by atoms with Gasteiger partial charge in [0.25, 0.3) is 0 Å². The number of rotatable bonds is 17. The Bertz CT molecular complexity index is 3550. The van der Waals surface area contributed by atoms with Gasteiger partial charge in [-0.15, -0.1) is 11.3 Å². The molecule has 5 fully saturated rings. The topological polar surface area (TPSA) is 222 Å². The lowest BCUT2D eigenvalue weighted by Gasteiger charge is -2.42. The third-order valence-electron chi connectivity index (χ3n) is 18.5. The Balaban J connectivity index is 0.672. The molecular weight excluding hydrogens is 1150 g/mol. The number of hydrogen-bond donors (Lipinski definition) is 4. The van der Waals surface area contributed by atoms with E-state index < -0.39 is 35.0 Å². The molecule has 20 nitrogen and oxygen atoms in total. The van der Waals surface area contributed by atoms with Crippen LogP contribution in [0, 0.1) is 24.1 Å². The zero-order valence-electron chi connectivity index (χ0n) is 52.9. The predicted molar refractivity (Wildman–Crippen MR) is 342 cm³/mol. The third-order valence-corrected chi connectivity index (χ3v) is 19.4. The molecule has 5 saturated heterocycles. The molecule has 6 aromatic rings. The third kappa shape index (κ3) is 14.3. The van der Waals surface area contributed by atoms with Crippen molar-refractivity contribution in [3.8, 4) is 33.5 Å². The zero-order valence-corrected chi connectivity index (χ0v) is 53.7. The second-order valence-electron chi connectivity index (χ2n) is 27.1. The number of aliphatic hydroxyl groups is 1. The number of aliphatic hydroxyl groups excluding tert-OH is 1. The number of carbonyl (C=O) groups excluding carboxylic acids is 4. The summed E-state index contributed by atoms with van der Waals surface area (Å²) in [6.07, 6.45) is 4.86. The van der Waals surface area contributed by atoms with Crippen LogP contribution in [0.2, 0.25) is 0 Å². The number of pyridine rings is 1. The number of piperidine rings is 1. The number of carbonyl (C=O) groups is 4. The van der Waals surface area contributed by atoms with Crippen molar-refractivity contribution in [1.82, 2.24) is 55.1 Å². The number of β-amino-alcohol motifs (C(OH)–C–C–N with tert-alkyl or cyclic N) is 1. The number of nitrogens with zero attached hydrogens (tertiary/aromatic N) is 10. The molecule has 4 unspecified atom stereocenters. The number of hydrogen-bond acceptors (Lipinski definition) is 17. The number of fused-ring (bicyclic) bond motifs is 4. The highest BCUT2D eigenvalue weighted by Gasteiger charge is 2.47. The average molecular weight is 1240 g/mol. The summed E-state index contributed by atoms with van der Waals surface area (Å²) in [5, 5.41) is 29.8. The molecule has 3 aromatic heterocycles. The molecule has 476 valence electrons. The van der Waals surface area contributed by atoms with E-state index in [-0.39, 0.29) is 91.0 Å². The number of aromatic nitrogens is 4. The summed E-state index contributed by atoms with van der Waals surface area (Å²) in [5.74, 6) is -0.627. The SMILES string of the molecule is CCc1cccc2cc(O)cc(-c3ncc4c(N5CC6CCC(C5)N6C(=O)OC(C)(C)C)nc(OCCN5CCC(CN6CCN(CC(=O)NC(C(=O)N7C[C@H](O)C[C@H]7C(=O)NC(C)c7ccc(-c8scnc8C)cc7)C(C)(C)C)CC6)CC5)nc4c3F)c12. The number of nitrogens with one attached hydrogen (secondary N) is 2. The first-order chi connectivity index (χ1) is 42.5. The van der Waals surface area contributed by atoms with E-state index in [4.69, 9.17) is 24.4 Å². The van der Waals surface area contributed by atoms with Crippen LogP contribution in [0.15, 0.2) is 66.3 Å². The number of anilines is 1. The number of phenols is 1. The first-order valence-electron chi connectivity index (χ1n) is 31.7. The average Bonchev–Trinajstić information content (AvgIpc) is 1.83. The summed E-state index contributed by atoms with van der Waals surface area (Å²) in [6, 6.07) is 14.7. The Morgan fingerprint density at radius 1 is 0.854 bits per heavy atom. The summed E-state index contributed by atoms with van der Waals surface area (Å²) in [6.45, 7) is 25.0. The largest absolute Gasteiger partial charge is 0.508 e. The number of phenolic OH excluding ortho intramolecular Hbond substituents is 1. The summed E-state index contributed by atoms with van der Waals surface area (Å²) in [4.78, 5) is 87.8. The van der Waals surface area contributed by atoms with Crippen molar-refractivity contribution in [3.63, 3.8) is 0 Å². The maximum atomic E-state index is 17.4. The van der Waals surface area contributed by atoms with Crippen LogP contribution < -0.4 is 20.3 Å². The van der Waals surface area contributed by atoms with Crippen molar-refractivity contribution in [1.29, 1.82) is 0 Å². The fraction of sp³-hybridized carbons (Fsp3) is 0.552. The molecule has 6 atom stereocenters. The molecule has 5 aliphatic rings. The van der Waals surface area contributed by atoms with Crippen LogP contribution in [0.25, 0.3) is 43.4 Å². The van der Waals surface area contributed by atoms with Crippen molar-refractivity contribution < 1.29 is 43.3 Å². The van der Waals surface area contributed by atoms with Crippen LogP contribution in [0.5, 0.6) is 11.8 Å². The van der Waals surface area contributed by atoms with Gasteiger partial charge in [-0.1, -0.05) is 70.2 Å². The van der Waals surface area contributed by atoms with Gasteiger partial charge in [-0.05, 0) is 131 Å². The molecule has 3 aromatic carbocycles. The number of amides is 4. The van der Waals surface area contributed by atoms with Crippen LogP contribution in [0.4, 0.5) is 15.0 Å². The fourth-order valence-electron chi connectivity index (χ4n) is 13.8. The maximum Gasteiger partial charge on any atom is 0.410 e. The number of aryl methyl sites for hydroxylation is 2. The molecule has 0 aliphatic carbocycles. The minimum atomic E-state index is -0.916. The highest BCUT2D eigenvalue weighted by Crippen LogP contribution is 2.41. The first-order valence-corrected chi connectivity index (χ1v) is 32.6. The summed E-state index contributed by atoms with van der Waals surface area (Å²) in [5.41, 5.74) is 5.05. The van der Waals surface area contributed by atoms with Crippen LogP contribution in [0.3, 0.4) is 0 Å². The van der Waals surface area contributed by atoms with E-state index in [0.29, 0.717) is 61.8 Å². The van der Waals surface area contributed by atoms with Gasteiger partial charge >= 0.3 is 12.1 Å². The number of benzene rings is 3. The van der Waals surface area contributed by atoms with E-state index >= 15 is 4.39 Å². The molecule has 0 spiro atoms. The van der Waals surface area contributed by atoms with Gasteiger partial charge in [0.05, 0.1) is 52.2 Å². The molecule has 8 heterocycles. The van der Waals surface area contributed by atoms with Gasteiger partial charge in [-0.3, -0.25) is 34.1 Å². The Morgan fingerprint density at radius 3 is 2.22 bits per heavy atom. The lowest BCUT2D eigenvalue weighted by molar-refractivity contribution is -0.144. The van der Waals surface area contributed by atoms with E-state index in [1.807, 2.05) is 115 Å². The Hall–Kier alpha value is -7.11. The van der Waals surface area contributed by atoms with Crippen LogP contribution in [-0.2, 0) is 25.5 Å². The fourth-order valence-corrected chi connectivity index (χ4v) is 14.6. The molecule has 0 saturated carbocycles. The normalized spacial score (nSPS) is 21.4. The van der Waals surface area contributed by atoms with Gasteiger partial charge in [-0.2, -0.15) is 9.97 Å². The van der Waals surface area contributed by atoms with Crippen LogP contribution >= 0.6 is 11.3 Å². The van der Waals surface area contributed by atoms with E-state index in [0.717, 1.165) is 96.4 Å². The Morgan fingerprint density at radius 2 is 1.56 bits per heavy atom. The molecule has 5 aliphatic heterocycles. The van der Waals surface area contributed by atoms with Gasteiger partial charge in [0.15, 0.2) is 5.82 Å². The molecular formula is C67H87FN12O8S. The van der Waals surface area contributed by atoms with E-state index in [1.165, 1.54) is 4.90 Å². The van der Waals surface area contributed by atoms with E-state index in [2.05, 4.69) is 35.2 Å².